The van der Waals surface area contributed by atoms with E-state index in [-0.39, 0.29) is 17.7 Å². The zero-order valence-electron chi connectivity index (χ0n) is 12.1. The fourth-order valence-electron chi connectivity index (χ4n) is 2.58. The van der Waals surface area contributed by atoms with Crippen LogP contribution in [0.2, 0.25) is 0 Å². The van der Waals surface area contributed by atoms with Gasteiger partial charge in [0, 0.05) is 25.7 Å². The minimum absolute atomic E-state index is 0.0123. The maximum absolute atomic E-state index is 12.1. The number of nitrogens with one attached hydrogen (secondary N) is 1. The second-order valence-electron chi connectivity index (χ2n) is 5.53. The Morgan fingerprint density at radius 2 is 2.33 bits per heavy atom. The van der Waals surface area contributed by atoms with Gasteiger partial charge in [-0.2, -0.15) is 0 Å². The second-order valence-corrected chi connectivity index (χ2v) is 5.53. The summed E-state index contributed by atoms with van der Waals surface area (Å²) in [5, 5.41) is 0. The molecule has 1 aromatic heterocycles. The number of ether oxygens (including phenoxy) is 1. The number of H-pyrrole nitrogens is 1. The van der Waals surface area contributed by atoms with E-state index in [1.807, 2.05) is 31.2 Å². The first-order valence-electron chi connectivity index (χ1n) is 7.21. The number of aromatic amines is 1. The number of aromatic nitrogens is 2. The largest absolute Gasteiger partial charge is 0.374 e. The lowest BCUT2D eigenvalue weighted by Crippen LogP contribution is -2.49. The number of nitrogens with two attached hydrogens (primary N) is 1. The van der Waals surface area contributed by atoms with Crippen LogP contribution in [0.4, 0.5) is 0 Å². The molecule has 0 spiro atoms. The van der Waals surface area contributed by atoms with Crippen LogP contribution >= 0.6 is 0 Å². The van der Waals surface area contributed by atoms with Gasteiger partial charge in [0.15, 0.2) is 0 Å². The first kappa shape index (κ1) is 14.2. The standard InChI is InChI=1S/C15H20N4O2/c1-10(16)14-9-19(6-7-21-14)8-13-15(20)18-12-5-3-2-4-11(12)17-13/h2-5,10,14H,6-9,16H2,1H3,(H,18,20). The fraction of sp³-hybridized carbons (Fsp3) is 0.467. The number of benzene rings is 1. The van der Waals surface area contributed by atoms with Gasteiger partial charge < -0.3 is 15.5 Å². The van der Waals surface area contributed by atoms with Crippen molar-refractivity contribution >= 4 is 11.0 Å². The van der Waals surface area contributed by atoms with Crippen molar-refractivity contribution in [1.82, 2.24) is 14.9 Å². The Kier molecular flexibility index (Phi) is 4.01. The minimum atomic E-state index is -0.127. The van der Waals surface area contributed by atoms with Crippen molar-refractivity contribution in [3.63, 3.8) is 0 Å². The molecule has 1 aliphatic heterocycles. The molecule has 3 N–H and O–H groups in total. The lowest BCUT2D eigenvalue weighted by Gasteiger charge is -2.34. The average Bonchev–Trinajstić information content (AvgIpc) is 2.48. The molecule has 1 fully saturated rings. The Morgan fingerprint density at radius 3 is 3.14 bits per heavy atom. The predicted molar refractivity (Wildman–Crippen MR) is 81.0 cm³/mol. The van der Waals surface area contributed by atoms with Gasteiger partial charge in [-0.3, -0.25) is 9.69 Å². The maximum atomic E-state index is 12.1. The zero-order valence-corrected chi connectivity index (χ0v) is 12.1. The Hall–Kier alpha value is -1.76. The first-order valence-corrected chi connectivity index (χ1v) is 7.21. The molecule has 0 bridgehead atoms. The minimum Gasteiger partial charge on any atom is -0.374 e. The molecule has 1 aromatic carbocycles. The van der Waals surface area contributed by atoms with Crippen molar-refractivity contribution < 1.29 is 4.74 Å². The summed E-state index contributed by atoms with van der Waals surface area (Å²) in [4.78, 5) is 21.7. The molecular formula is C15H20N4O2. The Balaban J connectivity index is 1.81. The molecule has 2 aromatic rings. The highest BCUT2D eigenvalue weighted by molar-refractivity contribution is 5.73. The molecule has 112 valence electrons. The molecule has 0 radical (unpaired) electrons. The molecule has 6 nitrogen and oxygen atoms in total. The lowest BCUT2D eigenvalue weighted by atomic mass is 10.1. The Bertz CT molecular complexity index is 683. The number of nitrogens with zero attached hydrogens (tertiary/aromatic N) is 2. The van der Waals surface area contributed by atoms with Crippen molar-refractivity contribution in [2.45, 2.75) is 25.6 Å². The van der Waals surface area contributed by atoms with Crippen LogP contribution in [0.3, 0.4) is 0 Å². The molecule has 0 aliphatic carbocycles. The van der Waals surface area contributed by atoms with Crippen LogP contribution in [0.25, 0.3) is 11.0 Å². The van der Waals surface area contributed by atoms with E-state index in [9.17, 15) is 4.79 Å². The maximum Gasteiger partial charge on any atom is 0.271 e. The molecule has 1 aliphatic rings. The highest BCUT2D eigenvalue weighted by Gasteiger charge is 2.24. The second kappa shape index (κ2) is 5.93. The number of hydrogen-bond donors (Lipinski definition) is 2. The quantitative estimate of drug-likeness (QED) is 0.858. The third-order valence-corrected chi connectivity index (χ3v) is 3.81. The first-order chi connectivity index (χ1) is 10.1. The Morgan fingerprint density at radius 1 is 1.52 bits per heavy atom. The van der Waals surface area contributed by atoms with E-state index >= 15 is 0 Å². The summed E-state index contributed by atoms with van der Waals surface area (Å²) >= 11 is 0. The topological polar surface area (TPSA) is 84.2 Å². The third kappa shape index (κ3) is 3.12. The van der Waals surface area contributed by atoms with Gasteiger partial charge in [0.2, 0.25) is 0 Å². The molecule has 3 rings (SSSR count). The van der Waals surface area contributed by atoms with Gasteiger partial charge in [-0.1, -0.05) is 12.1 Å². The van der Waals surface area contributed by atoms with Crippen molar-refractivity contribution in [3.05, 3.63) is 40.3 Å². The van der Waals surface area contributed by atoms with Crippen LogP contribution in [0, 0.1) is 0 Å². The van der Waals surface area contributed by atoms with E-state index in [4.69, 9.17) is 10.5 Å². The van der Waals surface area contributed by atoms with Crippen LogP contribution in [-0.2, 0) is 11.3 Å². The van der Waals surface area contributed by atoms with E-state index in [0.29, 0.717) is 18.8 Å². The van der Waals surface area contributed by atoms with Crippen molar-refractivity contribution in [2.75, 3.05) is 19.7 Å². The normalized spacial score (nSPS) is 21.5. The van der Waals surface area contributed by atoms with E-state index < -0.39 is 0 Å². The smallest absolute Gasteiger partial charge is 0.271 e. The molecule has 6 heteroatoms. The van der Waals surface area contributed by atoms with Gasteiger partial charge in [0.05, 0.1) is 23.7 Å². The summed E-state index contributed by atoms with van der Waals surface area (Å²) < 4.78 is 5.63. The van der Waals surface area contributed by atoms with Crippen LogP contribution in [0.15, 0.2) is 29.1 Å². The van der Waals surface area contributed by atoms with Crippen molar-refractivity contribution in [2.24, 2.45) is 5.73 Å². The van der Waals surface area contributed by atoms with Gasteiger partial charge in [-0.05, 0) is 19.1 Å². The summed E-state index contributed by atoms with van der Waals surface area (Å²) in [6.07, 6.45) is 0.0123. The van der Waals surface area contributed by atoms with Gasteiger partial charge in [0.25, 0.3) is 5.56 Å². The monoisotopic (exact) mass is 288 g/mol. The van der Waals surface area contributed by atoms with Crippen LogP contribution in [0.1, 0.15) is 12.6 Å². The van der Waals surface area contributed by atoms with E-state index in [2.05, 4.69) is 14.9 Å². The molecule has 2 unspecified atom stereocenters. The Labute approximate surface area is 122 Å². The van der Waals surface area contributed by atoms with Crippen molar-refractivity contribution in [1.29, 1.82) is 0 Å². The summed E-state index contributed by atoms with van der Waals surface area (Å²) in [5.41, 5.74) is 7.88. The summed E-state index contributed by atoms with van der Waals surface area (Å²) in [6, 6.07) is 7.54. The van der Waals surface area contributed by atoms with E-state index in [0.717, 1.165) is 24.1 Å². The lowest BCUT2D eigenvalue weighted by molar-refractivity contribution is -0.0407. The molecule has 21 heavy (non-hydrogen) atoms. The number of fused-ring (bicyclic) bond motifs is 1. The summed E-state index contributed by atoms with van der Waals surface area (Å²) in [5.74, 6) is 0. The van der Waals surface area contributed by atoms with Gasteiger partial charge in [-0.15, -0.1) is 0 Å². The van der Waals surface area contributed by atoms with E-state index in [1.165, 1.54) is 0 Å². The predicted octanol–water partition coefficient (Wildman–Crippen LogP) is 0.471. The molecule has 2 atom stereocenters. The molecular weight excluding hydrogens is 268 g/mol. The molecule has 1 saturated heterocycles. The molecule has 2 heterocycles. The van der Waals surface area contributed by atoms with Crippen LogP contribution < -0.4 is 11.3 Å². The van der Waals surface area contributed by atoms with Gasteiger partial charge in [-0.25, -0.2) is 4.98 Å². The van der Waals surface area contributed by atoms with Crippen LogP contribution in [0.5, 0.6) is 0 Å². The number of rotatable bonds is 3. The highest BCUT2D eigenvalue weighted by Crippen LogP contribution is 2.11. The average molecular weight is 288 g/mol. The third-order valence-electron chi connectivity index (χ3n) is 3.81. The van der Waals surface area contributed by atoms with E-state index in [1.54, 1.807) is 0 Å². The van der Waals surface area contributed by atoms with Gasteiger partial charge >= 0.3 is 0 Å². The number of morpholine rings is 1. The number of hydrogen-bond acceptors (Lipinski definition) is 5. The summed E-state index contributed by atoms with van der Waals surface area (Å²) in [7, 11) is 0. The summed E-state index contributed by atoms with van der Waals surface area (Å²) in [6.45, 7) is 4.61. The SMILES string of the molecule is CC(N)C1CN(Cc2nc3ccccc3[nH]c2=O)CCO1. The zero-order chi connectivity index (χ0) is 14.8. The molecule has 0 saturated carbocycles. The fourth-order valence-corrected chi connectivity index (χ4v) is 2.58. The van der Waals surface area contributed by atoms with Crippen LogP contribution in [-0.4, -0.2) is 46.7 Å². The molecule has 0 amide bonds. The highest BCUT2D eigenvalue weighted by atomic mass is 16.5. The van der Waals surface area contributed by atoms with Gasteiger partial charge in [0.1, 0.15) is 5.69 Å². The van der Waals surface area contributed by atoms with Crippen molar-refractivity contribution in [3.8, 4) is 0 Å². The number of para-hydroxylation sites is 2.